The minimum absolute atomic E-state index is 0.160. The van der Waals surface area contributed by atoms with Gasteiger partial charge >= 0.3 is 0 Å². The molecule has 1 aliphatic heterocycles. The molecule has 2 amide bonds. The summed E-state index contributed by atoms with van der Waals surface area (Å²) in [7, 11) is 0. The van der Waals surface area contributed by atoms with Gasteiger partial charge in [-0.3, -0.25) is 14.9 Å². The highest BCUT2D eigenvalue weighted by atomic mass is 16.2. The third-order valence-electron chi connectivity index (χ3n) is 1.47. The first-order valence-electron chi connectivity index (χ1n) is 3.87. The number of amides is 2. The van der Waals surface area contributed by atoms with Crippen LogP contribution in [0.4, 0.5) is 0 Å². The minimum Gasteiger partial charge on any atom is -0.296 e. The Labute approximate surface area is 67.2 Å². The van der Waals surface area contributed by atoms with Crippen LogP contribution in [0.25, 0.3) is 0 Å². The molecule has 1 heterocycles. The van der Waals surface area contributed by atoms with Gasteiger partial charge in [-0.1, -0.05) is 27.7 Å². The zero-order valence-corrected chi connectivity index (χ0v) is 7.52. The molecule has 3 nitrogen and oxygen atoms in total. The van der Waals surface area contributed by atoms with Crippen molar-refractivity contribution in [3.8, 4) is 0 Å². The van der Waals surface area contributed by atoms with E-state index < -0.39 is 5.41 Å². The summed E-state index contributed by atoms with van der Waals surface area (Å²) in [6.45, 7) is 7.51. The van der Waals surface area contributed by atoms with Crippen molar-refractivity contribution >= 4 is 11.8 Å². The van der Waals surface area contributed by atoms with Crippen LogP contribution in [0.5, 0.6) is 0 Å². The smallest absolute Gasteiger partial charge is 0.232 e. The molecule has 0 aromatic rings. The molecule has 1 fully saturated rings. The lowest BCUT2D eigenvalue weighted by Crippen LogP contribution is -2.26. The second kappa shape index (κ2) is 3.51. The Morgan fingerprint density at radius 3 is 1.82 bits per heavy atom. The van der Waals surface area contributed by atoms with Crippen molar-refractivity contribution in [3.63, 3.8) is 0 Å². The number of hydrogen-bond donors (Lipinski definition) is 1. The number of hydrogen-bond acceptors (Lipinski definition) is 2. The average molecular weight is 157 g/mol. The van der Waals surface area contributed by atoms with Gasteiger partial charge in [0.05, 0.1) is 5.41 Å². The summed E-state index contributed by atoms with van der Waals surface area (Å²) in [4.78, 5) is 21.3. The lowest BCUT2D eigenvalue weighted by Gasteiger charge is -2.08. The molecule has 0 spiro atoms. The van der Waals surface area contributed by atoms with Crippen molar-refractivity contribution in [2.45, 2.75) is 34.1 Å². The van der Waals surface area contributed by atoms with E-state index >= 15 is 0 Å². The van der Waals surface area contributed by atoms with Crippen molar-refractivity contribution in [2.75, 3.05) is 0 Å². The van der Waals surface area contributed by atoms with E-state index in [2.05, 4.69) is 5.32 Å². The second-order valence-corrected chi connectivity index (χ2v) is 2.94. The fraction of sp³-hybridized carbons (Fsp3) is 0.750. The molecule has 0 radical (unpaired) electrons. The SMILES string of the molecule is CC.CC1(C)CC(=O)NC1=O. The van der Waals surface area contributed by atoms with Gasteiger partial charge in [0.25, 0.3) is 0 Å². The Morgan fingerprint density at radius 1 is 1.27 bits per heavy atom. The quantitative estimate of drug-likeness (QED) is 0.535. The monoisotopic (exact) mass is 157 g/mol. The molecule has 1 aliphatic rings. The van der Waals surface area contributed by atoms with Crippen LogP contribution in [-0.2, 0) is 9.59 Å². The Balaban J connectivity index is 0.000000461. The van der Waals surface area contributed by atoms with Crippen molar-refractivity contribution in [2.24, 2.45) is 5.41 Å². The van der Waals surface area contributed by atoms with Gasteiger partial charge in [0.15, 0.2) is 0 Å². The van der Waals surface area contributed by atoms with E-state index in [1.54, 1.807) is 13.8 Å². The molecule has 64 valence electrons. The first kappa shape index (κ1) is 10.1. The maximum absolute atomic E-state index is 10.8. The summed E-state index contributed by atoms with van der Waals surface area (Å²) in [5.74, 6) is -0.322. The van der Waals surface area contributed by atoms with Crippen LogP contribution in [0.15, 0.2) is 0 Å². The highest BCUT2D eigenvalue weighted by Crippen LogP contribution is 2.24. The molecule has 3 heteroatoms. The van der Waals surface area contributed by atoms with Crippen LogP contribution in [0.2, 0.25) is 0 Å². The molecular formula is C8H15NO2. The number of imide groups is 1. The van der Waals surface area contributed by atoms with E-state index in [0.717, 1.165) is 0 Å². The second-order valence-electron chi connectivity index (χ2n) is 2.94. The van der Waals surface area contributed by atoms with Crippen LogP contribution in [0.1, 0.15) is 34.1 Å². The van der Waals surface area contributed by atoms with Crippen LogP contribution in [0, 0.1) is 5.41 Å². The number of carbonyl (C=O) groups is 2. The fourth-order valence-electron chi connectivity index (χ4n) is 0.822. The number of nitrogens with one attached hydrogen (secondary N) is 1. The summed E-state index contributed by atoms with van der Waals surface area (Å²) in [6, 6.07) is 0. The van der Waals surface area contributed by atoms with Crippen LogP contribution >= 0.6 is 0 Å². The molecular weight excluding hydrogens is 142 g/mol. The summed E-state index contributed by atoms with van der Waals surface area (Å²) < 4.78 is 0. The van der Waals surface area contributed by atoms with Crippen molar-refractivity contribution in [1.82, 2.24) is 5.32 Å². The molecule has 0 saturated carbocycles. The van der Waals surface area contributed by atoms with E-state index in [1.807, 2.05) is 13.8 Å². The highest BCUT2D eigenvalue weighted by Gasteiger charge is 2.37. The third kappa shape index (κ3) is 2.33. The zero-order valence-electron chi connectivity index (χ0n) is 7.52. The normalized spacial score (nSPS) is 20.4. The Hall–Kier alpha value is -0.860. The summed E-state index contributed by atoms with van der Waals surface area (Å²) in [6.07, 6.45) is 0.325. The van der Waals surface area contributed by atoms with Crippen LogP contribution in [0.3, 0.4) is 0 Å². The lowest BCUT2D eigenvalue weighted by atomic mass is 9.92. The van der Waals surface area contributed by atoms with Crippen LogP contribution in [-0.4, -0.2) is 11.8 Å². The van der Waals surface area contributed by atoms with Crippen molar-refractivity contribution in [1.29, 1.82) is 0 Å². The molecule has 1 rings (SSSR count). The van der Waals surface area contributed by atoms with Gasteiger partial charge in [-0.05, 0) is 0 Å². The van der Waals surface area contributed by atoms with E-state index in [-0.39, 0.29) is 11.8 Å². The molecule has 0 aliphatic carbocycles. The summed E-state index contributed by atoms with van der Waals surface area (Å²) >= 11 is 0. The third-order valence-corrected chi connectivity index (χ3v) is 1.47. The Morgan fingerprint density at radius 2 is 1.73 bits per heavy atom. The van der Waals surface area contributed by atoms with Crippen molar-refractivity contribution in [3.05, 3.63) is 0 Å². The Kier molecular flexibility index (Phi) is 3.23. The molecule has 0 aromatic heterocycles. The largest absolute Gasteiger partial charge is 0.296 e. The first-order chi connectivity index (χ1) is 5.02. The molecule has 1 N–H and O–H groups in total. The molecule has 1 saturated heterocycles. The highest BCUT2D eigenvalue weighted by molar-refractivity contribution is 6.05. The minimum atomic E-state index is -0.475. The molecule has 0 aromatic carbocycles. The van der Waals surface area contributed by atoms with E-state index in [1.165, 1.54) is 0 Å². The molecule has 11 heavy (non-hydrogen) atoms. The van der Waals surface area contributed by atoms with Gasteiger partial charge in [0.2, 0.25) is 11.8 Å². The number of rotatable bonds is 0. The summed E-state index contributed by atoms with van der Waals surface area (Å²) in [5, 5.41) is 2.23. The predicted molar refractivity (Wildman–Crippen MR) is 42.9 cm³/mol. The predicted octanol–water partition coefficient (Wildman–Crippen LogP) is 1.09. The van der Waals surface area contributed by atoms with E-state index in [9.17, 15) is 9.59 Å². The van der Waals surface area contributed by atoms with E-state index in [4.69, 9.17) is 0 Å². The number of carbonyl (C=O) groups excluding carboxylic acids is 2. The van der Waals surface area contributed by atoms with Gasteiger partial charge < -0.3 is 0 Å². The first-order valence-corrected chi connectivity index (χ1v) is 3.87. The van der Waals surface area contributed by atoms with Crippen LogP contribution < -0.4 is 5.32 Å². The lowest BCUT2D eigenvalue weighted by molar-refractivity contribution is -0.127. The average Bonchev–Trinajstić information content (AvgIpc) is 2.10. The standard InChI is InChI=1S/C6H9NO2.C2H6/c1-6(2)3-4(8)7-5(6)9;1-2/h3H2,1-2H3,(H,7,8,9);1-2H3. The fourth-order valence-corrected chi connectivity index (χ4v) is 0.822. The summed E-state index contributed by atoms with van der Waals surface area (Å²) in [5.41, 5.74) is -0.475. The molecule has 0 bridgehead atoms. The Bertz CT molecular complexity index is 173. The maximum Gasteiger partial charge on any atom is 0.232 e. The topological polar surface area (TPSA) is 46.2 Å². The maximum atomic E-state index is 10.8. The van der Waals surface area contributed by atoms with Gasteiger partial charge in [0, 0.05) is 6.42 Å². The van der Waals surface area contributed by atoms with Gasteiger partial charge in [-0.2, -0.15) is 0 Å². The zero-order chi connectivity index (χ0) is 9.07. The van der Waals surface area contributed by atoms with Gasteiger partial charge in [0.1, 0.15) is 0 Å². The molecule has 0 unspecified atom stereocenters. The van der Waals surface area contributed by atoms with E-state index in [0.29, 0.717) is 6.42 Å². The van der Waals surface area contributed by atoms with Crippen molar-refractivity contribution < 1.29 is 9.59 Å². The van der Waals surface area contributed by atoms with Gasteiger partial charge in [-0.15, -0.1) is 0 Å². The van der Waals surface area contributed by atoms with Gasteiger partial charge in [-0.25, -0.2) is 0 Å². The molecule has 0 atom stereocenters.